The lowest BCUT2D eigenvalue weighted by molar-refractivity contribution is -0.104. The molecule has 0 radical (unpaired) electrons. The Morgan fingerprint density at radius 1 is 1.32 bits per heavy atom. The summed E-state index contributed by atoms with van der Waals surface area (Å²) in [5.74, 6) is 0.448. The van der Waals surface area contributed by atoms with Gasteiger partial charge in [-0.25, -0.2) is 0 Å². The topological polar surface area (TPSA) is 20.3 Å². The number of carbonyl (C=O) groups excluding carboxylic acids is 1. The second-order valence-corrected chi connectivity index (χ2v) is 6.32. The molecule has 0 saturated carbocycles. The van der Waals surface area contributed by atoms with E-state index in [2.05, 4.69) is 67.3 Å². The molecule has 2 aliphatic rings. The molecule has 2 unspecified atom stereocenters. The van der Waals surface area contributed by atoms with Gasteiger partial charge in [-0.1, -0.05) is 49.4 Å². The average Bonchev–Trinajstić information content (AvgIpc) is 2.78. The molecule has 1 aromatic carbocycles. The normalized spacial score (nSPS) is 28.6. The monoisotopic (exact) mass is 293 g/mol. The van der Waals surface area contributed by atoms with Gasteiger partial charge >= 0.3 is 0 Å². The van der Waals surface area contributed by atoms with E-state index in [1.807, 2.05) is 0 Å². The van der Waals surface area contributed by atoms with Crippen LogP contribution in [0, 0.1) is 11.3 Å². The summed E-state index contributed by atoms with van der Waals surface area (Å²) in [6.45, 7) is 5.37. The van der Waals surface area contributed by atoms with E-state index >= 15 is 0 Å². The van der Waals surface area contributed by atoms with Gasteiger partial charge in [0.2, 0.25) is 0 Å². The number of hydrogen-bond donors (Lipinski definition) is 0. The molecule has 1 fully saturated rings. The van der Waals surface area contributed by atoms with Crippen LogP contribution in [0.5, 0.6) is 0 Å². The maximum atomic E-state index is 11.2. The van der Waals surface area contributed by atoms with E-state index < -0.39 is 0 Å². The fraction of sp³-hybridized carbons (Fsp3) is 0.350. The van der Waals surface area contributed by atoms with Crippen LogP contribution in [-0.2, 0) is 11.2 Å². The summed E-state index contributed by atoms with van der Waals surface area (Å²) in [5.41, 5.74) is 3.81. The van der Waals surface area contributed by atoms with E-state index in [1.54, 1.807) is 6.08 Å². The summed E-state index contributed by atoms with van der Waals surface area (Å²) in [6, 6.07) is 10.6. The maximum Gasteiger partial charge on any atom is 0.144 e. The first kappa shape index (κ1) is 14.8. The third-order valence-electron chi connectivity index (χ3n) is 5.04. The Hall–Kier alpha value is -2.09. The summed E-state index contributed by atoms with van der Waals surface area (Å²) in [4.78, 5) is 13.6. The van der Waals surface area contributed by atoms with Crippen molar-refractivity contribution in [3.05, 3.63) is 71.6 Å². The van der Waals surface area contributed by atoms with Crippen molar-refractivity contribution in [1.29, 1.82) is 0 Å². The lowest BCUT2D eigenvalue weighted by Gasteiger charge is -2.32. The Balaban J connectivity index is 2.06. The highest BCUT2D eigenvalue weighted by Gasteiger charge is 2.49. The summed E-state index contributed by atoms with van der Waals surface area (Å²) in [6.07, 6.45) is 11.3. The molecule has 2 atom stereocenters. The second-order valence-electron chi connectivity index (χ2n) is 6.32. The number of fused-ring (bicyclic) bond motifs is 1. The summed E-state index contributed by atoms with van der Waals surface area (Å²) in [7, 11) is 0. The van der Waals surface area contributed by atoms with Crippen LogP contribution in [0.3, 0.4) is 0 Å². The van der Waals surface area contributed by atoms with E-state index in [9.17, 15) is 4.79 Å². The number of benzene rings is 1. The predicted octanol–water partition coefficient (Wildman–Crippen LogP) is 4.11. The first-order valence-corrected chi connectivity index (χ1v) is 8.05. The Labute approximate surface area is 132 Å². The zero-order chi connectivity index (χ0) is 15.6. The fourth-order valence-electron chi connectivity index (χ4n) is 4.04. The number of aldehydes is 1. The number of likely N-dealkylation sites (tertiary alicyclic amines) is 1. The van der Waals surface area contributed by atoms with Gasteiger partial charge in [0.25, 0.3) is 0 Å². The van der Waals surface area contributed by atoms with Crippen LogP contribution >= 0.6 is 0 Å². The van der Waals surface area contributed by atoms with Crippen molar-refractivity contribution in [1.82, 2.24) is 4.90 Å². The second kappa shape index (κ2) is 5.96. The van der Waals surface area contributed by atoms with Crippen LogP contribution in [0.2, 0.25) is 0 Å². The number of hydrogen-bond acceptors (Lipinski definition) is 2. The van der Waals surface area contributed by atoms with Crippen molar-refractivity contribution in [2.24, 2.45) is 11.3 Å². The molecule has 1 saturated heterocycles. The third kappa shape index (κ3) is 2.33. The minimum absolute atomic E-state index is 0.0329. The van der Waals surface area contributed by atoms with Gasteiger partial charge in [0.15, 0.2) is 0 Å². The lowest BCUT2D eigenvalue weighted by atomic mass is 9.70. The molecule has 2 nitrogen and oxygen atoms in total. The maximum absolute atomic E-state index is 11.2. The SMILES string of the molecule is CCN1C2=CC=CCC2C(C)(Cc2ccccc2)C1=CC=O. The van der Waals surface area contributed by atoms with Crippen LogP contribution < -0.4 is 0 Å². The molecule has 0 amide bonds. The molecular weight excluding hydrogens is 270 g/mol. The van der Waals surface area contributed by atoms with Crippen LogP contribution in [-0.4, -0.2) is 17.7 Å². The smallest absolute Gasteiger partial charge is 0.144 e. The predicted molar refractivity (Wildman–Crippen MR) is 90.1 cm³/mol. The quantitative estimate of drug-likeness (QED) is 0.615. The van der Waals surface area contributed by atoms with Gasteiger partial charge < -0.3 is 4.90 Å². The molecule has 3 rings (SSSR count). The molecule has 114 valence electrons. The zero-order valence-electron chi connectivity index (χ0n) is 13.3. The highest BCUT2D eigenvalue weighted by atomic mass is 16.1. The van der Waals surface area contributed by atoms with Crippen molar-refractivity contribution < 1.29 is 4.79 Å². The average molecular weight is 293 g/mol. The van der Waals surface area contributed by atoms with Crippen LogP contribution in [0.1, 0.15) is 25.8 Å². The molecule has 0 aromatic heterocycles. The Morgan fingerprint density at radius 3 is 2.77 bits per heavy atom. The number of nitrogens with zero attached hydrogens (tertiary/aromatic N) is 1. The Bertz CT molecular complexity index is 641. The molecule has 1 aliphatic heterocycles. The highest BCUT2D eigenvalue weighted by molar-refractivity contribution is 5.67. The summed E-state index contributed by atoms with van der Waals surface area (Å²) < 4.78 is 0. The number of rotatable bonds is 4. The summed E-state index contributed by atoms with van der Waals surface area (Å²) in [5, 5.41) is 0. The standard InChI is InChI=1S/C20H23NO/c1-3-21-18-12-8-7-11-17(18)20(2,19(21)13-14-22)15-16-9-5-4-6-10-16/h4-10,12-14,17H,3,11,15H2,1-2H3. The van der Waals surface area contributed by atoms with Gasteiger partial charge in [-0.05, 0) is 37.5 Å². The van der Waals surface area contributed by atoms with Gasteiger partial charge in [0.1, 0.15) is 6.29 Å². The van der Waals surface area contributed by atoms with Crippen molar-refractivity contribution in [3.63, 3.8) is 0 Å². The molecular formula is C20H23NO. The third-order valence-corrected chi connectivity index (χ3v) is 5.04. The van der Waals surface area contributed by atoms with Gasteiger partial charge in [0.05, 0.1) is 0 Å². The van der Waals surface area contributed by atoms with Crippen molar-refractivity contribution in [3.8, 4) is 0 Å². The molecule has 0 N–H and O–H groups in total. The lowest BCUT2D eigenvalue weighted by Crippen LogP contribution is -2.28. The van der Waals surface area contributed by atoms with Crippen molar-refractivity contribution in [2.75, 3.05) is 6.54 Å². The number of allylic oxidation sites excluding steroid dienone is 6. The fourth-order valence-corrected chi connectivity index (χ4v) is 4.04. The van der Waals surface area contributed by atoms with Crippen LogP contribution in [0.15, 0.2) is 66.0 Å². The van der Waals surface area contributed by atoms with Gasteiger partial charge in [-0.3, -0.25) is 4.79 Å². The van der Waals surface area contributed by atoms with E-state index in [4.69, 9.17) is 0 Å². The first-order valence-electron chi connectivity index (χ1n) is 8.05. The van der Waals surface area contributed by atoms with Gasteiger partial charge in [-0.2, -0.15) is 0 Å². The molecule has 2 heteroatoms. The van der Waals surface area contributed by atoms with Crippen molar-refractivity contribution >= 4 is 6.29 Å². The molecule has 0 bridgehead atoms. The number of carbonyl (C=O) groups is 1. The Kier molecular flexibility index (Phi) is 4.02. The van der Waals surface area contributed by atoms with Gasteiger partial charge in [-0.15, -0.1) is 0 Å². The minimum atomic E-state index is -0.0329. The van der Waals surface area contributed by atoms with E-state index in [1.165, 1.54) is 11.3 Å². The van der Waals surface area contributed by atoms with E-state index in [0.717, 1.165) is 31.4 Å². The van der Waals surface area contributed by atoms with Crippen LogP contribution in [0.4, 0.5) is 0 Å². The first-order chi connectivity index (χ1) is 10.7. The molecule has 1 aromatic rings. The minimum Gasteiger partial charge on any atom is -0.348 e. The molecule has 1 heterocycles. The molecule has 0 spiro atoms. The molecule has 22 heavy (non-hydrogen) atoms. The summed E-state index contributed by atoms with van der Waals surface area (Å²) >= 11 is 0. The molecule has 1 aliphatic carbocycles. The van der Waals surface area contributed by atoms with Gasteiger partial charge in [0, 0.05) is 29.3 Å². The van der Waals surface area contributed by atoms with Crippen LogP contribution in [0.25, 0.3) is 0 Å². The largest absolute Gasteiger partial charge is 0.348 e. The van der Waals surface area contributed by atoms with E-state index in [0.29, 0.717) is 5.92 Å². The Morgan fingerprint density at radius 2 is 2.09 bits per heavy atom. The highest BCUT2D eigenvalue weighted by Crippen LogP contribution is 2.54. The van der Waals surface area contributed by atoms with Crippen molar-refractivity contribution in [2.45, 2.75) is 26.7 Å². The zero-order valence-corrected chi connectivity index (χ0v) is 13.3. The van der Waals surface area contributed by atoms with E-state index in [-0.39, 0.29) is 5.41 Å².